The smallest absolute Gasteiger partial charge is 0.232 e. The lowest BCUT2D eigenvalue weighted by atomic mass is 10.3. The molecule has 0 bridgehead atoms. The lowest BCUT2D eigenvalue weighted by molar-refractivity contribution is 0.310. The summed E-state index contributed by atoms with van der Waals surface area (Å²) in [6.45, 7) is 0.368. The molecule has 0 aliphatic heterocycles. The summed E-state index contributed by atoms with van der Waals surface area (Å²) in [5.41, 5.74) is 0. The van der Waals surface area contributed by atoms with Crippen LogP contribution >= 0.6 is 33.9 Å². The van der Waals surface area contributed by atoms with Gasteiger partial charge in [-0.1, -0.05) is 23.2 Å². The maximum absolute atomic E-state index is 10.6. The lowest BCUT2D eigenvalue weighted by Crippen LogP contribution is -2.02. The molecule has 3 nitrogen and oxygen atoms in total. The van der Waals surface area contributed by atoms with Crippen LogP contribution in [0.4, 0.5) is 0 Å². The van der Waals surface area contributed by atoms with E-state index in [-0.39, 0.29) is 5.75 Å². The molecule has 0 aromatic heterocycles. The molecule has 0 amide bonds. The fourth-order valence-corrected chi connectivity index (χ4v) is 2.36. The Hall–Kier alpha value is -0.160. The van der Waals surface area contributed by atoms with Gasteiger partial charge >= 0.3 is 0 Å². The number of hydrogen-bond donors (Lipinski definition) is 0. The molecule has 0 aliphatic carbocycles. The van der Waals surface area contributed by atoms with E-state index >= 15 is 0 Å². The van der Waals surface area contributed by atoms with Gasteiger partial charge in [0.15, 0.2) is 0 Å². The monoisotopic (exact) mass is 316 g/mol. The van der Waals surface area contributed by atoms with E-state index in [9.17, 15) is 8.42 Å². The maximum Gasteiger partial charge on any atom is 0.232 e. The van der Waals surface area contributed by atoms with Crippen molar-refractivity contribution in [2.75, 3.05) is 12.4 Å². The SMILES string of the molecule is O=S(=O)(Cl)CCCCOc1cc(Cl)ccc1Cl. The minimum Gasteiger partial charge on any atom is -0.492 e. The maximum atomic E-state index is 10.6. The Balaban J connectivity index is 2.34. The second-order valence-corrected chi connectivity index (χ2v) is 7.11. The molecule has 96 valence electrons. The van der Waals surface area contributed by atoms with E-state index in [0.717, 1.165) is 0 Å². The van der Waals surface area contributed by atoms with Crippen molar-refractivity contribution in [3.05, 3.63) is 28.2 Å². The van der Waals surface area contributed by atoms with Crippen LogP contribution in [-0.2, 0) is 9.05 Å². The largest absolute Gasteiger partial charge is 0.492 e. The third-order valence-electron chi connectivity index (χ3n) is 1.93. The first kappa shape index (κ1) is 14.9. The van der Waals surface area contributed by atoms with E-state index in [1.165, 1.54) is 0 Å². The Bertz CT molecular complexity index is 474. The molecule has 0 heterocycles. The average Bonchev–Trinajstić information content (AvgIpc) is 2.21. The van der Waals surface area contributed by atoms with Crippen molar-refractivity contribution in [1.29, 1.82) is 0 Å². The zero-order valence-corrected chi connectivity index (χ0v) is 11.9. The topological polar surface area (TPSA) is 43.4 Å². The molecule has 0 unspecified atom stereocenters. The Morgan fingerprint density at radius 3 is 2.53 bits per heavy atom. The Morgan fingerprint density at radius 1 is 1.18 bits per heavy atom. The van der Waals surface area contributed by atoms with Crippen molar-refractivity contribution in [2.24, 2.45) is 0 Å². The number of ether oxygens (including phenoxy) is 1. The molecule has 0 aliphatic rings. The zero-order valence-electron chi connectivity index (χ0n) is 8.83. The van der Waals surface area contributed by atoms with Crippen molar-refractivity contribution in [1.82, 2.24) is 0 Å². The molecule has 1 aromatic rings. The quantitative estimate of drug-likeness (QED) is 0.593. The predicted octanol–water partition coefficient (Wildman–Crippen LogP) is 3.72. The molecule has 1 rings (SSSR count). The van der Waals surface area contributed by atoms with Gasteiger partial charge in [0.05, 0.1) is 17.4 Å². The molecule has 0 fully saturated rings. The van der Waals surface area contributed by atoms with Crippen LogP contribution in [0.15, 0.2) is 18.2 Å². The highest BCUT2D eigenvalue weighted by Crippen LogP contribution is 2.27. The number of rotatable bonds is 6. The molecule has 7 heteroatoms. The standard InChI is InChI=1S/C10H11Cl3O3S/c11-8-3-4-9(12)10(7-8)16-5-1-2-6-17(13,14)15/h3-4,7H,1-2,5-6H2. The summed E-state index contributed by atoms with van der Waals surface area (Å²) < 4.78 is 26.7. The minimum absolute atomic E-state index is 0.0544. The van der Waals surface area contributed by atoms with Gasteiger partial charge in [0.2, 0.25) is 9.05 Å². The molecule has 0 spiro atoms. The normalized spacial score (nSPS) is 11.5. The van der Waals surface area contributed by atoms with Crippen molar-refractivity contribution in [2.45, 2.75) is 12.8 Å². The Labute approximate surface area is 115 Å². The van der Waals surface area contributed by atoms with E-state index < -0.39 is 9.05 Å². The minimum atomic E-state index is -3.41. The fourth-order valence-electron chi connectivity index (χ4n) is 1.15. The van der Waals surface area contributed by atoms with Gasteiger partial charge in [0.25, 0.3) is 0 Å². The van der Waals surface area contributed by atoms with E-state index in [1.807, 2.05) is 0 Å². The van der Waals surface area contributed by atoms with Gasteiger partial charge in [0.1, 0.15) is 5.75 Å². The second-order valence-electron chi connectivity index (χ2n) is 3.37. The number of halogens is 3. The van der Waals surface area contributed by atoms with Crippen LogP contribution in [0.5, 0.6) is 5.75 Å². The average molecular weight is 318 g/mol. The van der Waals surface area contributed by atoms with Gasteiger partial charge in [-0.25, -0.2) is 8.42 Å². The molecule has 0 atom stereocenters. The highest BCUT2D eigenvalue weighted by atomic mass is 35.7. The fraction of sp³-hybridized carbons (Fsp3) is 0.400. The lowest BCUT2D eigenvalue weighted by Gasteiger charge is -2.07. The molecule has 1 aromatic carbocycles. The van der Waals surface area contributed by atoms with E-state index in [2.05, 4.69) is 0 Å². The van der Waals surface area contributed by atoms with E-state index in [0.29, 0.717) is 35.2 Å². The molecule has 17 heavy (non-hydrogen) atoms. The van der Waals surface area contributed by atoms with Gasteiger partial charge in [-0.2, -0.15) is 0 Å². The van der Waals surface area contributed by atoms with E-state index in [1.54, 1.807) is 18.2 Å². The van der Waals surface area contributed by atoms with Crippen molar-refractivity contribution in [3.8, 4) is 5.75 Å². The van der Waals surface area contributed by atoms with Gasteiger partial charge in [-0.15, -0.1) is 0 Å². The third kappa shape index (κ3) is 6.36. The Morgan fingerprint density at radius 2 is 1.88 bits per heavy atom. The summed E-state index contributed by atoms with van der Waals surface area (Å²) in [5, 5.41) is 1.01. The van der Waals surface area contributed by atoms with Crippen LogP contribution < -0.4 is 4.74 Å². The molecular formula is C10H11Cl3O3S. The number of benzene rings is 1. The Kier molecular flexibility index (Phi) is 5.86. The zero-order chi connectivity index (χ0) is 12.9. The van der Waals surface area contributed by atoms with Gasteiger partial charge in [-0.3, -0.25) is 0 Å². The van der Waals surface area contributed by atoms with Crippen molar-refractivity contribution < 1.29 is 13.2 Å². The first-order chi connectivity index (χ1) is 7.88. The molecular weight excluding hydrogens is 307 g/mol. The first-order valence-corrected chi connectivity index (χ1v) is 8.12. The van der Waals surface area contributed by atoms with E-state index in [4.69, 9.17) is 38.6 Å². The predicted molar refractivity (Wildman–Crippen MR) is 70.8 cm³/mol. The summed E-state index contributed by atoms with van der Waals surface area (Å²) in [4.78, 5) is 0. The van der Waals surface area contributed by atoms with Crippen LogP contribution in [0, 0.1) is 0 Å². The third-order valence-corrected chi connectivity index (χ3v) is 3.72. The van der Waals surface area contributed by atoms with Crippen LogP contribution in [0.2, 0.25) is 10.0 Å². The summed E-state index contributed by atoms with van der Waals surface area (Å²) in [7, 11) is 1.65. The highest BCUT2D eigenvalue weighted by Gasteiger charge is 2.05. The second kappa shape index (κ2) is 6.69. The highest BCUT2D eigenvalue weighted by molar-refractivity contribution is 8.13. The molecule has 0 N–H and O–H groups in total. The molecule has 0 saturated heterocycles. The summed E-state index contributed by atoms with van der Waals surface area (Å²) in [5.74, 6) is 0.439. The van der Waals surface area contributed by atoms with Gasteiger partial charge in [-0.05, 0) is 25.0 Å². The van der Waals surface area contributed by atoms with Crippen LogP contribution in [-0.4, -0.2) is 20.8 Å². The van der Waals surface area contributed by atoms with Crippen LogP contribution in [0.25, 0.3) is 0 Å². The summed E-state index contributed by atoms with van der Waals surface area (Å²) in [6, 6.07) is 4.92. The van der Waals surface area contributed by atoms with Crippen molar-refractivity contribution in [3.63, 3.8) is 0 Å². The first-order valence-electron chi connectivity index (χ1n) is 4.89. The van der Waals surface area contributed by atoms with Gasteiger partial charge < -0.3 is 4.74 Å². The molecule has 0 radical (unpaired) electrons. The number of unbranched alkanes of at least 4 members (excludes halogenated alkanes) is 1. The summed E-state index contributed by atoms with van der Waals surface area (Å²) >= 11 is 11.7. The summed E-state index contributed by atoms with van der Waals surface area (Å²) in [6.07, 6.45) is 1.03. The van der Waals surface area contributed by atoms with Gasteiger partial charge in [0, 0.05) is 21.8 Å². The van der Waals surface area contributed by atoms with Crippen molar-refractivity contribution >= 4 is 42.9 Å². The van der Waals surface area contributed by atoms with Crippen LogP contribution in [0.3, 0.4) is 0 Å². The number of hydrogen-bond acceptors (Lipinski definition) is 3. The van der Waals surface area contributed by atoms with Crippen LogP contribution in [0.1, 0.15) is 12.8 Å². The molecule has 0 saturated carbocycles.